The third-order valence-corrected chi connectivity index (χ3v) is 2.64. The number of ether oxygens (including phenoxy) is 1. The van der Waals surface area contributed by atoms with E-state index >= 15 is 0 Å². The predicted octanol–water partition coefficient (Wildman–Crippen LogP) is 0.201. The first-order valence-corrected chi connectivity index (χ1v) is 6.02. The molecule has 0 fully saturated rings. The van der Waals surface area contributed by atoms with Crippen LogP contribution in [0.5, 0.6) is 0 Å². The molecule has 0 spiro atoms. The molecule has 19 heavy (non-hydrogen) atoms. The molecule has 6 heteroatoms. The molecular formula is C13H19N3O3. The number of primary amides is 1. The molecular weight excluding hydrogens is 246 g/mol. The van der Waals surface area contributed by atoms with Crippen LogP contribution in [0.1, 0.15) is 11.5 Å². The van der Waals surface area contributed by atoms with Gasteiger partial charge in [-0.2, -0.15) is 0 Å². The first kappa shape index (κ1) is 15.0. The summed E-state index contributed by atoms with van der Waals surface area (Å²) in [5, 5.41) is 5.55. The number of urea groups is 1. The summed E-state index contributed by atoms with van der Waals surface area (Å²) in [6.07, 6.45) is 0. The van der Waals surface area contributed by atoms with Gasteiger partial charge in [-0.05, 0) is 5.56 Å². The highest BCUT2D eigenvalue weighted by atomic mass is 16.5. The average molecular weight is 265 g/mol. The molecule has 1 atom stereocenters. The Morgan fingerprint density at radius 2 is 1.95 bits per heavy atom. The first-order valence-electron chi connectivity index (χ1n) is 6.02. The van der Waals surface area contributed by atoms with Crippen LogP contribution in [0.15, 0.2) is 30.3 Å². The molecule has 0 bridgehead atoms. The summed E-state index contributed by atoms with van der Waals surface area (Å²) in [5.74, 6) is -0.652. The Morgan fingerprint density at radius 1 is 1.26 bits per heavy atom. The van der Waals surface area contributed by atoms with Crippen LogP contribution < -0.4 is 16.4 Å². The Balaban J connectivity index is 2.48. The maximum absolute atomic E-state index is 11.7. The van der Waals surface area contributed by atoms with Gasteiger partial charge >= 0.3 is 12.0 Å². The van der Waals surface area contributed by atoms with E-state index < -0.39 is 6.03 Å². The molecule has 1 rings (SSSR count). The number of benzene rings is 1. The standard InChI is InChI=1S/C13H19N3O3/c1-19-12(17)11(10-5-3-2-4-6-10)9-15-7-8-16-13(14)18/h2-6,11,15H,7-9H2,1H3,(H3,14,16,18). The minimum atomic E-state index is -0.561. The van der Waals surface area contributed by atoms with Crippen LogP contribution in [0.2, 0.25) is 0 Å². The van der Waals surface area contributed by atoms with Crippen LogP contribution in [-0.2, 0) is 9.53 Å². The van der Waals surface area contributed by atoms with E-state index in [0.29, 0.717) is 19.6 Å². The largest absolute Gasteiger partial charge is 0.469 e. The zero-order chi connectivity index (χ0) is 14.1. The Labute approximate surface area is 112 Å². The van der Waals surface area contributed by atoms with E-state index in [9.17, 15) is 9.59 Å². The number of amides is 2. The SMILES string of the molecule is COC(=O)C(CNCCNC(N)=O)c1ccccc1. The van der Waals surface area contributed by atoms with Crippen molar-refractivity contribution in [3.05, 3.63) is 35.9 Å². The van der Waals surface area contributed by atoms with Gasteiger partial charge < -0.3 is 21.1 Å². The van der Waals surface area contributed by atoms with Gasteiger partial charge in [0.25, 0.3) is 0 Å². The number of nitrogens with one attached hydrogen (secondary N) is 2. The van der Waals surface area contributed by atoms with Crippen molar-refractivity contribution in [2.45, 2.75) is 5.92 Å². The smallest absolute Gasteiger partial charge is 0.314 e. The zero-order valence-corrected chi connectivity index (χ0v) is 10.9. The lowest BCUT2D eigenvalue weighted by molar-refractivity contribution is -0.142. The number of hydrogen-bond acceptors (Lipinski definition) is 4. The molecule has 1 aromatic rings. The fraction of sp³-hybridized carbons (Fsp3) is 0.385. The molecule has 0 radical (unpaired) electrons. The normalized spacial score (nSPS) is 11.6. The van der Waals surface area contributed by atoms with Crippen LogP contribution in [-0.4, -0.2) is 38.7 Å². The summed E-state index contributed by atoms with van der Waals surface area (Å²) >= 11 is 0. The Kier molecular flexibility index (Phi) is 6.38. The molecule has 0 saturated carbocycles. The Bertz CT molecular complexity index is 409. The molecule has 0 aliphatic heterocycles. The highest BCUT2D eigenvalue weighted by Crippen LogP contribution is 2.15. The summed E-state index contributed by atoms with van der Waals surface area (Å²) < 4.78 is 4.79. The van der Waals surface area contributed by atoms with Crippen LogP contribution in [0.3, 0.4) is 0 Å². The third kappa shape index (κ3) is 5.39. The van der Waals surface area contributed by atoms with Gasteiger partial charge in [-0.25, -0.2) is 4.79 Å². The van der Waals surface area contributed by atoms with Gasteiger partial charge in [-0.1, -0.05) is 30.3 Å². The third-order valence-electron chi connectivity index (χ3n) is 2.64. The van der Waals surface area contributed by atoms with Gasteiger partial charge in [0.2, 0.25) is 0 Å². The molecule has 0 heterocycles. The minimum absolute atomic E-state index is 0.290. The highest BCUT2D eigenvalue weighted by molar-refractivity contribution is 5.78. The monoisotopic (exact) mass is 265 g/mol. The van der Waals surface area contributed by atoms with Gasteiger partial charge in [0.05, 0.1) is 13.0 Å². The van der Waals surface area contributed by atoms with E-state index in [4.69, 9.17) is 10.5 Å². The van der Waals surface area contributed by atoms with Crippen LogP contribution in [0.4, 0.5) is 4.79 Å². The van der Waals surface area contributed by atoms with E-state index in [2.05, 4.69) is 10.6 Å². The second-order valence-electron chi connectivity index (χ2n) is 3.98. The lowest BCUT2D eigenvalue weighted by Gasteiger charge is -2.15. The van der Waals surface area contributed by atoms with Gasteiger partial charge in [0.15, 0.2) is 0 Å². The maximum Gasteiger partial charge on any atom is 0.314 e. The molecule has 2 amide bonds. The first-order chi connectivity index (χ1) is 9.15. The number of methoxy groups -OCH3 is 1. The summed E-state index contributed by atoms with van der Waals surface area (Å²) in [6.45, 7) is 1.39. The van der Waals surface area contributed by atoms with Gasteiger partial charge in [-0.3, -0.25) is 4.79 Å². The number of esters is 1. The fourth-order valence-electron chi connectivity index (χ4n) is 1.69. The molecule has 0 aliphatic rings. The van der Waals surface area contributed by atoms with Crippen molar-refractivity contribution in [1.29, 1.82) is 0 Å². The van der Waals surface area contributed by atoms with E-state index in [-0.39, 0.29) is 11.9 Å². The second kappa shape index (κ2) is 8.10. The van der Waals surface area contributed by atoms with Crippen molar-refractivity contribution < 1.29 is 14.3 Å². The van der Waals surface area contributed by atoms with Crippen LogP contribution in [0, 0.1) is 0 Å². The average Bonchev–Trinajstić information content (AvgIpc) is 2.42. The summed E-state index contributed by atoms with van der Waals surface area (Å²) in [4.78, 5) is 22.2. The molecule has 1 unspecified atom stereocenters. The van der Waals surface area contributed by atoms with Crippen LogP contribution in [0.25, 0.3) is 0 Å². The van der Waals surface area contributed by atoms with Gasteiger partial charge in [0.1, 0.15) is 0 Å². The number of hydrogen-bond donors (Lipinski definition) is 3. The van der Waals surface area contributed by atoms with Crippen molar-refractivity contribution in [3.8, 4) is 0 Å². The van der Waals surface area contributed by atoms with E-state index in [1.807, 2.05) is 30.3 Å². The molecule has 0 aliphatic carbocycles. The lowest BCUT2D eigenvalue weighted by Crippen LogP contribution is -2.37. The van der Waals surface area contributed by atoms with Crippen molar-refractivity contribution in [2.75, 3.05) is 26.7 Å². The molecule has 4 N–H and O–H groups in total. The topological polar surface area (TPSA) is 93.4 Å². The summed E-state index contributed by atoms with van der Waals surface area (Å²) in [5.41, 5.74) is 5.84. The van der Waals surface area contributed by atoms with Crippen LogP contribution >= 0.6 is 0 Å². The Hall–Kier alpha value is -2.08. The van der Waals surface area contributed by atoms with Gasteiger partial charge in [0, 0.05) is 19.6 Å². The summed E-state index contributed by atoms with van der Waals surface area (Å²) in [7, 11) is 1.37. The van der Waals surface area contributed by atoms with Crippen molar-refractivity contribution in [3.63, 3.8) is 0 Å². The Morgan fingerprint density at radius 3 is 2.53 bits per heavy atom. The molecule has 0 aromatic heterocycles. The number of carbonyl (C=O) groups excluding carboxylic acids is 2. The van der Waals surface area contributed by atoms with E-state index in [0.717, 1.165) is 5.56 Å². The minimum Gasteiger partial charge on any atom is -0.469 e. The number of rotatable bonds is 7. The van der Waals surface area contributed by atoms with Crippen molar-refractivity contribution in [1.82, 2.24) is 10.6 Å². The predicted molar refractivity (Wildman–Crippen MR) is 71.7 cm³/mol. The lowest BCUT2D eigenvalue weighted by atomic mass is 9.99. The maximum atomic E-state index is 11.7. The number of carbonyl (C=O) groups is 2. The summed E-state index contributed by atoms with van der Waals surface area (Å²) in [6, 6.07) is 8.84. The fourth-order valence-corrected chi connectivity index (χ4v) is 1.69. The van der Waals surface area contributed by atoms with Crippen molar-refractivity contribution in [2.24, 2.45) is 5.73 Å². The van der Waals surface area contributed by atoms with Gasteiger partial charge in [-0.15, -0.1) is 0 Å². The number of nitrogens with two attached hydrogens (primary N) is 1. The van der Waals surface area contributed by atoms with Crippen molar-refractivity contribution >= 4 is 12.0 Å². The molecule has 1 aromatic carbocycles. The van der Waals surface area contributed by atoms with E-state index in [1.165, 1.54) is 7.11 Å². The quantitative estimate of drug-likeness (QED) is 0.485. The molecule has 6 nitrogen and oxygen atoms in total. The van der Waals surface area contributed by atoms with E-state index in [1.54, 1.807) is 0 Å². The molecule has 0 saturated heterocycles. The zero-order valence-electron chi connectivity index (χ0n) is 10.9. The highest BCUT2D eigenvalue weighted by Gasteiger charge is 2.20. The molecule has 104 valence electrons. The second-order valence-corrected chi connectivity index (χ2v) is 3.98.